The Labute approximate surface area is 185 Å². The average molecular weight is 428 g/mol. The van der Waals surface area contributed by atoms with Crippen molar-refractivity contribution in [2.75, 3.05) is 19.5 Å². The van der Waals surface area contributed by atoms with Crippen LogP contribution in [0.1, 0.15) is 15.9 Å². The van der Waals surface area contributed by atoms with E-state index in [-0.39, 0.29) is 5.57 Å². The standard InChI is InChI=1S/C25H20N2O5/c1-30-21-11-5-18(6-12-21)25(29)32-23-9-3-17(4-10-23)15-19(16-26)24(28)27-20-7-13-22(31-2)14-8-20/h3-15H,1-2H3,(H,27,28)/b19-15+. The summed E-state index contributed by atoms with van der Waals surface area (Å²) in [5.74, 6) is 0.596. The van der Waals surface area contributed by atoms with E-state index in [0.717, 1.165) is 0 Å². The number of nitrogens with zero attached hydrogens (tertiary/aromatic N) is 1. The maximum Gasteiger partial charge on any atom is 0.343 e. The molecule has 0 saturated heterocycles. The molecule has 1 amide bonds. The van der Waals surface area contributed by atoms with Crippen molar-refractivity contribution in [2.24, 2.45) is 0 Å². The molecule has 0 aliphatic heterocycles. The van der Waals surface area contributed by atoms with Crippen LogP contribution in [0.5, 0.6) is 17.2 Å². The number of carbonyl (C=O) groups excluding carboxylic acids is 2. The van der Waals surface area contributed by atoms with Crippen molar-refractivity contribution in [3.8, 4) is 23.3 Å². The third-order valence-corrected chi connectivity index (χ3v) is 4.44. The summed E-state index contributed by atoms with van der Waals surface area (Å²) in [6, 6.07) is 21.7. The lowest BCUT2D eigenvalue weighted by Gasteiger charge is -2.07. The molecule has 0 unspecified atom stereocenters. The monoisotopic (exact) mass is 428 g/mol. The lowest BCUT2D eigenvalue weighted by Crippen LogP contribution is -2.13. The van der Waals surface area contributed by atoms with Gasteiger partial charge in [-0.1, -0.05) is 12.1 Å². The maximum atomic E-state index is 12.4. The number of esters is 1. The van der Waals surface area contributed by atoms with Gasteiger partial charge in [-0.3, -0.25) is 4.79 Å². The second-order valence-electron chi connectivity index (χ2n) is 6.54. The van der Waals surface area contributed by atoms with Crippen molar-refractivity contribution < 1.29 is 23.8 Å². The molecule has 1 N–H and O–H groups in total. The molecule has 160 valence electrons. The van der Waals surface area contributed by atoms with Gasteiger partial charge in [-0.15, -0.1) is 0 Å². The van der Waals surface area contributed by atoms with E-state index in [2.05, 4.69) is 5.32 Å². The van der Waals surface area contributed by atoms with E-state index in [1.165, 1.54) is 6.08 Å². The molecule has 32 heavy (non-hydrogen) atoms. The lowest BCUT2D eigenvalue weighted by atomic mass is 10.1. The first-order chi connectivity index (χ1) is 15.5. The zero-order valence-electron chi connectivity index (χ0n) is 17.5. The van der Waals surface area contributed by atoms with Gasteiger partial charge < -0.3 is 19.5 Å². The van der Waals surface area contributed by atoms with Gasteiger partial charge in [0, 0.05) is 5.69 Å². The van der Waals surface area contributed by atoms with Gasteiger partial charge in [-0.25, -0.2) is 4.79 Å². The largest absolute Gasteiger partial charge is 0.497 e. The van der Waals surface area contributed by atoms with E-state index >= 15 is 0 Å². The van der Waals surface area contributed by atoms with Crippen molar-refractivity contribution in [3.05, 3.63) is 89.5 Å². The van der Waals surface area contributed by atoms with E-state index in [9.17, 15) is 14.9 Å². The zero-order valence-corrected chi connectivity index (χ0v) is 17.5. The molecule has 0 heterocycles. The maximum absolute atomic E-state index is 12.4. The number of benzene rings is 3. The molecule has 0 saturated carbocycles. The van der Waals surface area contributed by atoms with Crippen LogP contribution in [0.2, 0.25) is 0 Å². The van der Waals surface area contributed by atoms with Crippen molar-refractivity contribution in [3.63, 3.8) is 0 Å². The summed E-state index contributed by atoms with van der Waals surface area (Å²) < 4.78 is 15.5. The van der Waals surface area contributed by atoms with Crippen molar-refractivity contribution in [2.45, 2.75) is 0 Å². The first kappa shape index (κ1) is 22.1. The minimum absolute atomic E-state index is 0.0659. The van der Waals surface area contributed by atoms with E-state index < -0.39 is 11.9 Å². The van der Waals surface area contributed by atoms with Gasteiger partial charge in [0.15, 0.2) is 0 Å². The zero-order chi connectivity index (χ0) is 22.9. The Balaban J connectivity index is 1.65. The Kier molecular flexibility index (Phi) is 7.23. The summed E-state index contributed by atoms with van der Waals surface area (Å²) in [6.45, 7) is 0. The van der Waals surface area contributed by atoms with Crippen LogP contribution in [0.3, 0.4) is 0 Å². The number of hydrogen-bond acceptors (Lipinski definition) is 6. The van der Waals surface area contributed by atoms with Crippen LogP contribution in [-0.4, -0.2) is 26.1 Å². The van der Waals surface area contributed by atoms with Gasteiger partial charge in [-0.2, -0.15) is 5.26 Å². The molecule has 0 radical (unpaired) electrons. The lowest BCUT2D eigenvalue weighted by molar-refractivity contribution is -0.112. The summed E-state index contributed by atoms with van der Waals surface area (Å²) in [5.41, 5.74) is 1.47. The third kappa shape index (κ3) is 5.74. The van der Waals surface area contributed by atoms with E-state index in [1.54, 1.807) is 87.0 Å². The minimum atomic E-state index is -0.535. The molecule has 0 aliphatic carbocycles. The quantitative estimate of drug-likeness (QED) is 0.258. The van der Waals surface area contributed by atoms with Crippen molar-refractivity contribution in [1.29, 1.82) is 5.26 Å². The summed E-state index contributed by atoms with van der Waals surface area (Å²) in [5, 5.41) is 12.0. The Morgan fingerprint density at radius 1 is 0.812 bits per heavy atom. The fraction of sp³-hybridized carbons (Fsp3) is 0.0800. The summed E-state index contributed by atoms with van der Waals surface area (Å²) in [7, 11) is 3.10. The molecule has 0 aromatic heterocycles. The highest BCUT2D eigenvalue weighted by atomic mass is 16.5. The summed E-state index contributed by atoms with van der Waals surface area (Å²) >= 11 is 0. The molecule has 0 aliphatic rings. The summed E-state index contributed by atoms with van der Waals surface area (Å²) in [6.07, 6.45) is 1.45. The Morgan fingerprint density at radius 3 is 1.88 bits per heavy atom. The topological polar surface area (TPSA) is 97.6 Å². The van der Waals surface area contributed by atoms with Crippen LogP contribution in [0.4, 0.5) is 5.69 Å². The SMILES string of the molecule is COc1ccc(NC(=O)/C(C#N)=C/c2ccc(OC(=O)c3ccc(OC)cc3)cc2)cc1. The van der Waals surface area contributed by atoms with Crippen LogP contribution in [-0.2, 0) is 4.79 Å². The Morgan fingerprint density at radius 2 is 1.34 bits per heavy atom. The van der Waals surface area contributed by atoms with E-state index in [1.807, 2.05) is 6.07 Å². The third-order valence-electron chi connectivity index (χ3n) is 4.44. The molecular weight excluding hydrogens is 408 g/mol. The molecule has 7 heteroatoms. The normalized spacial score (nSPS) is 10.6. The Bertz CT molecular complexity index is 1160. The number of carbonyl (C=O) groups is 2. The number of ether oxygens (including phenoxy) is 3. The number of rotatable bonds is 7. The van der Waals surface area contributed by atoms with Gasteiger partial charge in [0.25, 0.3) is 5.91 Å². The predicted molar refractivity (Wildman–Crippen MR) is 120 cm³/mol. The fourth-order valence-electron chi connectivity index (χ4n) is 2.71. The molecule has 3 rings (SSSR count). The molecule has 7 nitrogen and oxygen atoms in total. The van der Waals surface area contributed by atoms with Crippen LogP contribution in [0, 0.1) is 11.3 Å². The van der Waals surface area contributed by atoms with Crippen molar-refractivity contribution in [1.82, 2.24) is 0 Å². The molecule has 0 fully saturated rings. The van der Waals surface area contributed by atoms with Gasteiger partial charge in [-0.05, 0) is 72.3 Å². The molecule has 3 aromatic carbocycles. The number of anilines is 1. The molecule has 3 aromatic rings. The number of methoxy groups -OCH3 is 2. The first-order valence-corrected chi connectivity index (χ1v) is 9.56. The molecule has 0 spiro atoms. The number of hydrogen-bond donors (Lipinski definition) is 1. The smallest absolute Gasteiger partial charge is 0.343 e. The van der Waals surface area contributed by atoms with Crippen LogP contribution in [0.25, 0.3) is 6.08 Å². The highest BCUT2D eigenvalue weighted by molar-refractivity contribution is 6.09. The number of nitriles is 1. The molecular formula is C25H20N2O5. The van der Waals surface area contributed by atoms with Gasteiger partial charge >= 0.3 is 5.97 Å². The van der Waals surface area contributed by atoms with E-state index in [0.29, 0.717) is 34.1 Å². The highest BCUT2D eigenvalue weighted by Gasteiger charge is 2.11. The highest BCUT2D eigenvalue weighted by Crippen LogP contribution is 2.19. The Hall–Kier alpha value is -4.57. The number of nitrogens with one attached hydrogen (secondary N) is 1. The molecule has 0 bridgehead atoms. The van der Waals surface area contributed by atoms with Gasteiger partial charge in [0.05, 0.1) is 19.8 Å². The van der Waals surface area contributed by atoms with Crippen molar-refractivity contribution >= 4 is 23.6 Å². The van der Waals surface area contributed by atoms with Crippen LogP contribution in [0.15, 0.2) is 78.4 Å². The van der Waals surface area contributed by atoms with E-state index in [4.69, 9.17) is 14.2 Å². The summed E-state index contributed by atoms with van der Waals surface area (Å²) in [4.78, 5) is 24.7. The number of amides is 1. The van der Waals surface area contributed by atoms with Gasteiger partial charge in [0.2, 0.25) is 0 Å². The second-order valence-corrected chi connectivity index (χ2v) is 6.54. The van der Waals surface area contributed by atoms with Gasteiger partial charge in [0.1, 0.15) is 28.9 Å². The predicted octanol–water partition coefficient (Wildman–Crippen LogP) is 4.47. The van der Waals surface area contributed by atoms with Crippen LogP contribution < -0.4 is 19.5 Å². The first-order valence-electron chi connectivity index (χ1n) is 9.56. The fourth-order valence-corrected chi connectivity index (χ4v) is 2.71. The average Bonchev–Trinajstić information content (AvgIpc) is 2.84. The second kappa shape index (κ2) is 10.5. The molecule has 0 atom stereocenters. The minimum Gasteiger partial charge on any atom is -0.497 e. The van der Waals surface area contributed by atoms with Crippen LogP contribution >= 0.6 is 0 Å².